The number of carbonyl (C=O) groups excluding carboxylic acids is 2. The Bertz CT molecular complexity index is 809. The molecule has 0 radical (unpaired) electrons. The molecule has 2 rings (SSSR count). The number of rotatable bonds is 9. The Morgan fingerprint density at radius 1 is 1.15 bits per heavy atom. The standard InChI is InChI=1S/C18H18N2O7/c1-25-16-8-7-13(20(23)24)11-15(16)19-17(21)12-27-18(22)9-10-26-14-5-3-2-4-6-14/h2-8,11H,9-10,12H2,1H3,(H,19,21). The molecule has 2 aromatic carbocycles. The fourth-order valence-corrected chi connectivity index (χ4v) is 2.08. The molecule has 0 aromatic heterocycles. The quantitative estimate of drug-likeness (QED) is 0.407. The molecule has 9 heteroatoms. The molecular formula is C18H18N2O7. The van der Waals surface area contributed by atoms with Gasteiger partial charge in [0.2, 0.25) is 0 Å². The van der Waals surface area contributed by atoms with E-state index >= 15 is 0 Å². The summed E-state index contributed by atoms with van der Waals surface area (Å²) in [6.45, 7) is -0.417. The van der Waals surface area contributed by atoms with Crippen LogP contribution in [0.3, 0.4) is 0 Å². The molecular weight excluding hydrogens is 356 g/mol. The van der Waals surface area contributed by atoms with E-state index in [4.69, 9.17) is 14.2 Å². The van der Waals surface area contributed by atoms with Crippen LogP contribution in [0.15, 0.2) is 48.5 Å². The van der Waals surface area contributed by atoms with Gasteiger partial charge in [-0.25, -0.2) is 0 Å². The lowest BCUT2D eigenvalue weighted by Crippen LogP contribution is -2.22. The van der Waals surface area contributed by atoms with Gasteiger partial charge in [-0.05, 0) is 18.2 Å². The van der Waals surface area contributed by atoms with Crippen LogP contribution in [0.1, 0.15) is 6.42 Å². The first-order valence-corrected chi connectivity index (χ1v) is 7.95. The van der Waals surface area contributed by atoms with Gasteiger partial charge in [-0.15, -0.1) is 0 Å². The number of amides is 1. The summed E-state index contributed by atoms with van der Waals surface area (Å²) in [5.74, 6) is -0.379. The minimum absolute atomic E-state index is 0.0255. The number of nitrogens with zero attached hydrogens (tertiary/aromatic N) is 1. The summed E-state index contributed by atoms with van der Waals surface area (Å²) in [5, 5.41) is 13.2. The first-order valence-electron chi connectivity index (χ1n) is 7.95. The predicted molar refractivity (Wildman–Crippen MR) is 95.8 cm³/mol. The van der Waals surface area contributed by atoms with E-state index in [0.29, 0.717) is 5.75 Å². The second-order valence-electron chi connectivity index (χ2n) is 5.26. The molecule has 0 heterocycles. The smallest absolute Gasteiger partial charge is 0.309 e. The van der Waals surface area contributed by atoms with Crippen molar-refractivity contribution in [3.8, 4) is 11.5 Å². The van der Waals surface area contributed by atoms with E-state index in [-0.39, 0.29) is 30.2 Å². The summed E-state index contributed by atoms with van der Waals surface area (Å²) in [6.07, 6.45) is -0.0255. The maximum atomic E-state index is 11.9. The number of anilines is 1. The van der Waals surface area contributed by atoms with Gasteiger partial charge in [0, 0.05) is 12.1 Å². The molecule has 0 saturated carbocycles. The second-order valence-corrected chi connectivity index (χ2v) is 5.26. The largest absolute Gasteiger partial charge is 0.495 e. The van der Waals surface area contributed by atoms with Crippen LogP contribution in [0.4, 0.5) is 11.4 Å². The molecule has 27 heavy (non-hydrogen) atoms. The van der Waals surface area contributed by atoms with Gasteiger partial charge in [0.15, 0.2) is 6.61 Å². The molecule has 2 aromatic rings. The number of para-hydroxylation sites is 1. The second kappa shape index (κ2) is 9.76. The van der Waals surface area contributed by atoms with Gasteiger partial charge in [-0.1, -0.05) is 18.2 Å². The Hall–Kier alpha value is -3.62. The number of nitro benzene ring substituents is 1. The summed E-state index contributed by atoms with van der Waals surface area (Å²) in [4.78, 5) is 33.8. The van der Waals surface area contributed by atoms with Gasteiger partial charge in [-0.3, -0.25) is 19.7 Å². The minimum Gasteiger partial charge on any atom is -0.495 e. The van der Waals surface area contributed by atoms with E-state index in [9.17, 15) is 19.7 Å². The molecule has 1 amide bonds. The molecule has 0 saturated heterocycles. The van der Waals surface area contributed by atoms with Crippen molar-refractivity contribution in [3.05, 3.63) is 58.6 Å². The van der Waals surface area contributed by atoms with Gasteiger partial charge in [0.25, 0.3) is 11.6 Å². The highest BCUT2D eigenvalue weighted by Gasteiger charge is 2.15. The molecule has 0 unspecified atom stereocenters. The molecule has 9 nitrogen and oxygen atoms in total. The zero-order valence-corrected chi connectivity index (χ0v) is 14.5. The lowest BCUT2D eigenvalue weighted by atomic mass is 10.2. The van der Waals surface area contributed by atoms with Crippen LogP contribution in [-0.2, 0) is 14.3 Å². The molecule has 0 fully saturated rings. The lowest BCUT2D eigenvalue weighted by molar-refractivity contribution is -0.384. The van der Waals surface area contributed by atoms with E-state index in [1.54, 1.807) is 24.3 Å². The Balaban J connectivity index is 1.79. The lowest BCUT2D eigenvalue weighted by Gasteiger charge is -2.10. The van der Waals surface area contributed by atoms with Crippen molar-refractivity contribution < 1.29 is 28.7 Å². The zero-order valence-electron chi connectivity index (χ0n) is 14.5. The van der Waals surface area contributed by atoms with Gasteiger partial charge >= 0.3 is 5.97 Å². The minimum atomic E-state index is -0.647. The molecule has 142 valence electrons. The van der Waals surface area contributed by atoms with Crippen LogP contribution >= 0.6 is 0 Å². The number of non-ortho nitro benzene ring substituents is 1. The van der Waals surface area contributed by atoms with Crippen molar-refractivity contribution in [1.29, 1.82) is 0 Å². The summed E-state index contributed by atoms with van der Waals surface area (Å²) in [7, 11) is 1.36. The van der Waals surface area contributed by atoms with Gasteiger partial charge in [0.05, 0.1) is 30.7 Å². The maximum Gasteiger partial charge on any atom is 0.309 e. The average molecular weight is 374 g/mol. The normalized spacial score (nSPS) is 9.96. The highest BCUT2D eigenvalue weighted by Crippen LogP contribution is 2.28. The summed E-state index contributed by atoms with van der Waals surface area (Å²) < 4.78 is 15.3. The van der Waals surface area contributed by atoms with Crippen LogP contribution in [0.5, 0.6) is 11.5 Å². The summed E-state index contributed by atoms with van der Waals surface area (Å²) in [6, 6.07) is 12.7. The predicted octanol–water partition coefficient (Wildman–Crippen LogP) is 2.55. The Labute approximate surface area is 155 Å². The van der Waals surface area contributed by atoms with Gasteiger partial charge in [-0.2, -0.15) is 0 Å². The average Bonchev–Trinajstić information content (AvgIpc) is 2.67. The number of carbonyl (C=O) groups is 2. The SMILES string of the molecule is COc1ccc([N+](=O)[O-])cc1NC(=O)COC(=O)CCOc1ccccc1. The molecule has 0 bridgehead atoms. The van der Waals surface area contributed by atoms with Gasteiger partial charge < -0.3 is 19.5 Å². The zero-order chi connectivity index (χ0) is 19.6. The third kappa shape index (κ3) is 6.31. The number of nitro groups is 1. The summed E-state index contributed by atoms with van der Waals surface area (Å²) >= 11 is 0. The molecule has 0 aliphatic rings. The molecule has 0 atom stereocenters. The summed E-state index contributed by atoms with van der Waals surface area (Å²) in [5.41, 5.74) is -0.0960. The van der Waals surface area contributed by atoms with E-state index in [2.05, 4.69) is 5.32 Å². The van der Waals surface area contributed by atoms with E-state index in [1.165, 1.54) is 19.2 Å². The van der Waals surface area contributed by atoms with Crippen LogP contribution in [0.2, 0.25) is 0 Å². The first kappa shape index (κ1) is 19.7. The number of methoxy groups -OCH3 is 1. The van der Waals surface area contributed by atoms with Crippen LogP contribution < -0.4 is 14.8 Å². The van der Waals surface area contributed by atoms with Crippen molar-refractivity contribution in [2.24, 2.45) is 0 Å². The fraction of sp³-hybridized carbons (Fsp3) is 0.222. The van der Waals surface area contributed by atoms with E-state index in [1.807, 2.05) is 6.07 Å². The van der Waals surface area contributed by atoms with Crippen molar-refractivity contribution in [1.82, 2.24) is 0 Å². The third-order valence-electron chi connectivity index (χ3n) is 3.35. The third-order valence-corrected chi connectivity index (χ3v) is 3.35. The number of nitrogens with one attached hydrogen (secondary N) is 1. The van der Waals surface area contributed by atoms with Crippen molar-refractivity contribution in [2.45, 2.75) is 6.42 Å². The first-order chi connectivity index (χ1) is 13.0. The van der Waals surface area contributed by atoms with Crippen molar-refractivity contribution >= 4 is 23.3 Å². The van der Waals surface area contributed by atoms with E-state index < -0.39 is 23.4 Å². The monoisotopic (exact) mass is 374 g/mol. The molecule has 0 spiro atoms. The Kier molecular flexibility index (Phi) is 7.12. The number of benzene rings is 2. The number of hydrogen-bond donors (Lipinski definition) is 1. The van der Waals surface area contributed by atoms with Gasteiger partial charge in [0.1, 0.15) is 11.5 Å². The number of esters is 1. The van der Waals surface area contributed by atoms with Crippen LogP contribution in [0, 0.1) is 10.1 Å². The fourth-order valence-electron chi connectivity index (χ4n) is 2.08. The Morgan fingerprint density at radius 2 is 1.89 bits per heavy atom. The topological polar surface area (TPSA) is 117 Å². The molecule has 1 N–H and O–H groups in total. The van der Waals surface area contributed by atoms with Crippen LogP contribution in [-0.4, -0.2) is 37.1 Å². The Morgan fingerprint density at radius 3 is 2.56 bits per heavy atom. The highest BCUT2D eigenvalue weighted by atomic mass is 16.6. The van der Waals surface area contributed by atoms with Crippen LogP contribution in [0.25, 0.3) is 0 Å². The number of ether oxygens (including phenoxy) is 3. The maximum absolute atomic E-state index is 11.9. The molecule has 0 aliphatic carbocycles. The number of hydrogen-bond acceptors (Lipinski definition) is 7. The van der Waals surface area contributed by atoms with E-state index in [0.717, 1.165) is 6.07 Å². The van der Waals surface area contributed by atoms with Crippen molar-refractivity contribution in [2.75, 3.05) is 25.6 Å². The molecule has 0 aliphatic heterocycles. The highest BCUT2D eigenvalue weighted by molar-refractivity contribution is 5.94. The van der Waals surface area contributed by atoms with Crippen molar-refractivity contribution in [3.63, 3.8) is 0 Å².